The molecule has 1 aromatic carbocycles. The van der Waals surface area contributed by atoms with Gasteiger partial charge in [-0.1, -0.05) is 31.2 Å². The SMILES string of the molecule is COCC(OC)c1ccc(C(C)CO)cc1. The van der Waals surface area contributed by atoms with Gasteiger partial charge in [-0.2, -0.15) is 0 Å². The molecule has 16 heavy (non-hydrogen) atoms. The summed E-state index contributed by atoms with van der Waals surface area (Å²) in [7, 11) is 3.34. The van der Waals surface area contributed by atoms with E-state index in [-0.39, 0.29) is 18.6 Å². The number of rotatable bonds is 6. The van der Waals surface area contributed by atoms with Crippen molar-refractivity contribution in [1.82, 2.24) is 0 Å². The van der Waals surface area contributed by atoms with Gasteiger partial charge in [0.1, 0.15) is 6.10 Å². The zero-order valence-electron chi connectivity index (χ0n) is 10.1. The Balaban J connectivity index is 2.76. The number of hydrogen-bond acceptors (Lipinski definition) is 3. The van der Waals surface area contributed by atoms with Gasteiger partial charge in [-0.15, -0.1) is 0 Å². The fraction of sp³-hybridized carbons (Fsp3) is 0.538. The van der Waals surface area contributed by atoms with Crippen LogP contribution in [-0.4, -0.2) is 32.5 Å². The standard InChI is InChI=1S/C13H20O3/c1-10(8-14)11-4-6-12(7-5-11)13(16-3)9-15-2/h4-7,10,13-14H,8-9H2,1-3H3. The summed E-state index contributed by atoms with van der Waals surface area (Å²) in [5.41, 5.74) is 2.23. The normalized spacial score (nSPS) is 14.8. The van der Waals surface area contributed by atoms with E-state index in [1.54, 1.807) is 14.2 Å². The van der Waals surface area contributed by atoms with E-state index in [0.29, 0.717) is 6.61 Å². The van der Waals surface area contributed by atoms with E-state index in [1.165, 1.54) is 0 Å². The maximum absolute atomic E-state index is 9.05. The smallest absolute Gasteiger partial charge is 0.105 e. The van der Waals surface area contributed by atoms with Crippen LogP contribution in [0, 0.1) is 0 Å². The summed E-state index contributed by atoms with van der Waals surface area (Å²) < 4.78 is 10.4. The minimum atomic E-state index is -0.0246. The van der Waals surface area contributed by atoms with Crippen LogP contribution in [0.5, 0.6) is 0 Å². The van der Waals surface area contributed by atoms with Crippen molar-refractivity contribution in [3.05, 3.63) is 35.4 Å². The Morgan fingerprint density at radius 2 is 1.69 bits per heavy atom. The van der Waals surface area contributed by atoms with Gasteiger partial charge in [-0.3, -0.25) is 0 Å². The van der Waals surface area contributed by atoms with E-state index in [0.717, 1.165) is 11.1 Å². The Morgan fingerprint density at radius 1 is 1.12 bits per heavy atom. The average molecular weight is 224 g/mol. The number of ether oxygens (including phenoxy) is 2. The molecule has 0 heterocycles. The molecule has 0 radical (unpaired) electrons. The van der Waals surface area contributed by atoms with Crippen LogP contribution < -0.4 is 0 Å². The van der Waals surface area contributed by atoms with Crippen LogP contribution in [0.2, 0.25) is 0 Å². The van der Waals surface area contributed by atoms with Gasteiger partial charge >= 0.3 is 0 Å². The molecule has 0 aliphatic heterocycles. The van der Waals surface area contributed by atoms with Crippen LogP contribution in [0.4, 0.5) is 0 Å². The van der Waals surface area contributed by atoms with Gasteiger partial charge < -0.3 is 14.6 Å². The van der Waals surface area contributed by atoms with Crippen LogP contribution in [0.25, 0.3) is 0 Å². The van der Waals surface area contributed by atoms with E-state index < -0.39 is 0 Å². The highest BCUT2D eigenvalue weighted by atomic mass is 16.5. The molecule has 1 rings (SSSR count). The van der Waals surface area contributed by atoms with Crippen molar-refractivity contribution in [1.29, 1.82) is 0 Å². The summed E-state index contributed by atoms with van der Waals surface area (Å²) >= 11 is 0. The molecule has 0 fully saturated rings. The second kappa shape index (κ2) is 6.63. The van der Waals surface area contributed by atoms with Gasteiger partial charge in [-0.05, 0) is 11.1 Å². The van der Waals surface area contributed by atoms with E-state index in [4.69, 9.17) is 14.6 Å². The fourth-order valence-corrected chi connectivity index (χ4v) is 1.60. The molecule has 0 aliphatic rings. The van der Waals surface area contributed by atoms with Crippen LogP contribution in [-0.2, 0) is 9.47 Å². The predicted octanol–water partition coefficient (Wildman–Crippen LogP) is 2.12. The Hall–Kier alpha value is -0.900. The highest BCUT2D eigenvalue weighted by Crippen LogP contribution is 2.20. The highest BCUT2D eigenvalue weighted by molar-refractivity contribution is 5.26. The average Bonchev–Trinajstić information content (AvgIpc) is 2.35. The van der Waals surface area contributed by atoms with Gasteiger partial charge in [-0.25, -0.2) is 0 Å². The number of methoxy groups -OCH3 is 2. The van der Waals surface area contributed by atoms with Crippen LogP contribution in [0.1, 0.15) is 30.1 Å². The molecule has 3 nitrogen and oxygen atoms in total. The molecular formula is C13H20O3. The topological polar surface area (TPSA) is 38.7 Å². The third-order valence-corrected chi connectivity index (χ3v) is 2.75. The second-order valence-corrected chi connectivity index (χ2v) is 3.93. The quantitative estimate of drug-likeness (QED) is 0.804. The van der Waals surface area contributed by atoms with Gasteiger partial charge in [0.2, 0.25) is 0 Å². The lowest BCUT2D eigenvalue weighted by molar-refractivity contribution is 0.0275. The lowest BCUT2D eigenvalue weighted by Gasteiger charge is -2.16. The van der Waals surface area contributed by atoms with Crippen molar-refractivity contribution in [3.63, 3.8) is 0 Å². The summed E-state index contributed by atoms with van der Waals surface area (Å²) in [6, 6.07) is 8.10. The lowest BCUT2D eigenvalue weighted by Crippen LogP contribution is -2.08. The maximum Gasteiger partial charge on any atom is 0.105 e. The Morgan fingerprint density at radius 3 is 2.12 bits per heavy atom. The number of benzene rings is 1. The molecule has 1 aromatic rings. The molecule has 0 aliphatic carbocycles. The molecule has 3 heteroatoms. The summed E-state index contributed by atoms with van der Waals surface area (Å²) in [5.74, 6) is 0.178. The fourth-order valence-electron chi connectivity index (χ4n) is 1.60. The van der Waals surface area contributed by atoms with Crippen molar-refractivity contribution in [2.75, 3.05) is 27.4 Å². The molecule has 0 bridgehead atoms. The van der Waals surface area contributed by atoms with Crippen molar-refractivity contribution in [2.45, 2.75) is 18.9 Å². The molecular weight excluding hydrogens is 204 g/mol. The van der Waals surface area contributed by atoms with Gasteiger partial charge in [0.25, 0.3) is 0 Å². The Bertz CT molecular complexity index is 295. The van der Waals surface area contributed by atoms with Crippen molar-refractivity contribution in [2.24, 2.45) is 0 Å². The first kappa shape index (κ1) is 13.2. The first-order valence-electron chi connectivity index (χ1n) is 5.45. The van der Waals surface area contributed by atoms with Crippen molar-refractivity contribution >= 4 is 0 Å². The minimum Gasteiger partial charge on any atom is -0.396 e. The highest BCUT2D eigenvalue weighted by Gasteiger charge is 2.10. The van der Waals surface area contributed by atoms with E-state index in [1.807, 2.05) is 31.2 Å². The third kappa shape index (κ3) is 3.30. The van der Waals surface area contributed by atoms with Crippen molar-refractivity contribution < 1.29 is 14.6 Å². The molecule has 90 valence electrons. The van der Waals surface area contributed by atoms with Gasteiger partial charge in [0, 0.05) is 26.7 Å². The number of aliphatic hydroxyl groups excluding tert-OH is 1. The van der Waals surface area contributed by atoms with E-state index in [9.17, 15) is 0 Å². The van der Waals surface area contributed by atoms with Crippen molar-refractivity contribution in [3.8, 4) is 0 Å². The minimum absolute atomic E-state index is 0.0246. The molecule has 0 aromatic heterocycles. The molecule has 1 N–H and O–H groups in total. The molecule has 0 amide bonds. The van der Waals surface area contributed by atoms with E-state index >= 15 is 0 Å². The van der Waals surface area contributed by atoms with E-state index in [2.05, 4.69) is 0 Å². The Kier molecular flexibility index (Phi) is 5.46. The Labute approximate surface area is 97.0 Å². The lowest BCUT2D eigenvalue weighted by atomic mass is 9.99. The summed E-state index contributed by atoms with van der Waals surface area (Å²) in [4.78, 5) is 0. The monoisotopic (exact) mass is 224 g/mol. The zero-order chi connectivity index (χ0) is 12.0. The summed E-state index contributed by atoms with van der Waals surface area (Å²) in [5, 5.41) is 9.05. The first-order valence-corrected chi connectivity index (χ1v) is 5.45. The third-order valence-electron chi connectivity index (χ3n) is 2.75. The molecule has 2 unspecified atom stereocenters. The van der Waals surface area contributed by atoms with Gasteiger partial charge in [0.15, 0.2) is 0 Å². The van der Waals surface area contributed by atoms with Crippen LogP contribution >= 0.6 is 0 Å². The molecule has 0 spiro atoms. The van der Waals surface area contributed by atoms with Gasteiger partial charge in [0.05, 0.1) is 6.61 Å². The number of aliphatic hydroxyl groups is 1. The molecule has 2 atom stereocenters. The summed E-state index contributed by atoms with van der Waals surface area (Å²) in [6.45, 7) is 2.72. The zero-order valence-corrected chi connectivity index (χ0v) is 10.1. The second-order valence-electron chi connectivity index (χ2n) is 3.93. The largest absolute Gasteiger partial charge is 0.396 e. The predicted molar refractivity (Wildman–Crippen MR) is 63.6 cm³/mol. The van der Waals surface area contributed by atoms with Crippen LogP contribution in [0.15, 0.2) is 24.3 Å². The molecule has 0 saturated heterocycles. The summed E-state index contributed by atoms with van der Waals surface area (Å²) in [6.07, 6.45) is -0.0246. The number of hydrogen-bond donors (Lipinski definition) is 1. The maximum atomic E-state index is 9.05. The molecule has 0 saturated carbocycles. The van der Waals surface area contributed by atoms with Crippen LogP contribution in [0.3, 0.4) is 0 Å². The first-order chi connectivity index (χ1) is 7.72.